The molecule has 0 radical (unpaired) electrons. The Hall–Kier alpha value is -3.29. The third-order valence-electron chi connectivity index (χ3n) is 7.95. The predicted molar refractivity (Wildman–Crippen MR) is 140 cm³/mol. The Morgan fingerprint density at radius 1 is 0.850 bits per heavy atom. The van der Waals surface area contributed by atoms with Crippen molar-refractivity contribution in [3.8, 4) is 5.75 Å². The second kappa shape index (κ2) is 10.9. The molecule has 0 aliphatic heterocycles. The summed E-state index contributed by atoms with van der Waals surface area (Å²) in [5, 5.41) is 0. The standard InChI is InChI=1S/C32H29F7O/c1-3-4-18-9-19-5-6-20(11-22(19)10-18)21-7-8-25(28(35)12-21)23-13-29(36)31(30(37)14-23)32(38,39)40-24-15-26(33)17(2)27(34)16-24/h5-8,11,13,15-16,18,28,30H,3-4,9-10,12,14H2,1-2H3. The lowest BCUT2D eigenvalue weighted by molar-refractivity contribution is -0.151. The first-order chi connectivity index (χ1) is 19.0. The predicted octanol–water partition coefficient (Wildman–Crippen LogP) is 9.40. The fourth-order valence-corrected chi connectivity index (χ4v) is 5.85. The Kier molecular flexibility index (Phi) is 7.73. The molecular formula is C32H29F7O. The molecule has 40 heavy (non-hydrogen) atoms. The minimum Gasteiger partial charge on any atom is -0.429 e. The van der Waals surface area contributed by atoms with Gasteiger partial charge >= 0.3 is 6.11 Å². The van der Waals surface area contributed by atoms with Crippen LogP contribution in [0.2, 0.25) is 0 Å². The molecule has 3 unspecified atom stereocenters. The fourth-order valence-electron chi connectivity index (χ4n) is 5.85. The normalized spacial score (nSPS) is 23.0. The summed E-state index contributed by atoms with van der Waals surface area (Å²) < 4.78 is 107. The highest BCUT2D eigenvalue weighted by Gasteiger charge is 2.47. The zero-order chi connectivity index (χ0) is 28.8. The molecule has 0 bridgehead atoms. The average molecular weight is 563 g/mol. The van der Waals surface area contributed by atoms with Crippen LogP contribution in [0.15, 0.2) is 71.1 Å². The quantitative estimate of drug-likeness (QED) is 0.306. The second-order valence-corrected chi connectivity index (χ2v) is 10.8. The maximum Gasteiger partial charge on any atom is 0.428 e. The molecule has 3 atom stereocenters. The van der Waals surface area contributed by atoms with E-state index in [4.69, 9.17) is 0 Å². The summed E-state index contributed by atoms with van der Waals surface area (Å²) in [7, 11) is 0. The Labute approximate surface area is 228 Å². The lowest BCUT2D eigenvalue weighted by Crippen LogP contribution is -2.35. The molecule has 0 aromatic heterocycles. The van der Waals surface area contributed by atoms with E-state index in [1.165, 1.54) is 17.2 Å². The molecule has 0 fully saturated rings. The summed E-state index contributed by atoms with van der Waals surface area (Å²) in [6.45, 7) is 3.27. The highest BCUT2D eigenvalue weighted by Crippen LogP contribution is 2.44. The van der Waals surface area contributed by atoms with Gasteiger partial charge in [-0.3, -0.25) is 0 Å². The van der Waals surface area contributed by atoms with Crippen molar-refractivity contribution in [3.63, 3.8) is 0 Å². The number of rotatable bonds is 7. The molecule has 0 spiro atoms. The van der Waals surface area contributed by atoms with E-state index in [-0.39, 0.29) is 17.6 Å². The van der Waals surface area contributed by atoms with E-state index >= 15 is 4.39 Å². The molecule has 0 heterocycles. The zero-order valence-corrected chi connectivity index (χ0v) is 22.1. The SMILES string of the molecule is CCCC1Cc2ccc(C3=CC=C(C4=CC(F)=C(C(F)(F)Oc5cc(F)c(C)c(F)c5)C(F)C4)C(F)C3)cc2C1. The number of hydrogen-bond donors (Lipinski definition) is 0. The van der Waals surface area contributed by atoms with Crippen LogP contribution in [0.5, 0.6) is 5.75 Å². The van der Waals surface area contributed by atoms with Gasteiger partial charge in [-0.05, 0) is 65.2 Å². The highest BCUT2D eigenvalue weighted by atomic mass is 19.3. The molecule has 2 aromatic carbocycles. The van der Waals surface area contributed by atoms with E-state index in [1.54, 1.807) is 6.08 Å². The molecule has 8 heteroatoms. The van der Waals surface area contributed by atoms with Gasteiger partial charge in [0, 0.05) is 30.5 Å². The van der Waals surface area contributed by atoms with Crippen LogP contribution in [0.1, 0.15) is 54.9 Å². The molecule has 0 N–H and O–H groups in total. The zero-order valence-electron chi connectivity index (χ0n) is 22.1. The summed E-state index contributed by atoms with van der Waals surface area (Å²) >= 11 is 0. The van der Waals surface area contributed by atoms with Crippen LogP contribution < -0.4 is 4.74 Å². The second-order valence-electron chi connectivity index (χ2n) is 10.8. The minimum absolute atomic E-state index is 0.0146. The fraction of sp³-hybridized carbons (Fsp3) is 0.375. The van der Waals surface area contributed by atoms with Gasteiger partial charge in [0.25, 0.3) is 0 Å². The van der Waals surface area contributed by atoms with Crippen molar-refractivity contribution in [2.45, 2.75) is 70.8 Å². The molecule has 3 aliphatic rings. The number of hydrogen-bond acceptors (Lipinski definition) is 1. The van der Waals surface area contributed by atoms with Gasteiger partial charge in [0.1, 0.15) is 41.1 Å². The summed E-state index contributed by atoms with van der Waals surface area (Å²) in [6.07, 6.45) is -1.23. The van der Waals surface area contributed by atoms with Crippen LogP contribution in [0, 0.1) is 24.5 Å². The first-order valence-electron chi connectivity index (χ1n) is 13.4. The van der Waals surface area contributed by atoms with E-state index < -0.39 is 59.2 Å². The maximum atomic E-state index is 15.3. The highest BCUT2D eigenvalue weighted by molar-refractivity contribution is 5.72. The summed E-state index contributed by atoms with van der Waals surface area (Å²) in [5.74, 6) is -4.21. The molecule has 0 amide bonds. The largest absolute Gasteiger partial charge is 0.429 e. The number of allylic oxidation sites excluding steroid dienone is 7. The third-order valence-corrected chi connectivity index (χ3v) is 7.95. The van der Waals surface area contributed by atoms with Crippen molar-refractivity contribution in [2.24, 2.45) is 5.92 Å². The molecule has 2 aromatic rings. The number of alkyl halides is 4. The van der Waals surface area contributed by atoms with Crippen LogP contribution in [0.3, 0.4) is 0 Å². The summed E-state index contributed by atoms with van der Waals surface area (Å²) in [5.41, 5.74) is 2.14. The molecule has 5 rings (SSSR count). The molecule has 0 saturated heterocycles. The van der Waals surface area contributed by atoms with Crippen LogP contribution >= 0.6 is 0 Å². The van der Waals surface area contributed by atoms with Gasteiger partial charge in [-0.1, -0.05) is 50.1 Å². The first kappa shape index (κ1) is 28.2. The van der Waals surface area contributed by atoms with Crippen molar-refractivity contribution < 1.29 is 35.5 Å². The van der Waals surface area contributed by atoms with Crippen LogP contribution in [0.4, 0.5) is 30.7 Å². The number of fused-ring (bicyclic) bond motifs is 1. The van der Waals surface area contributed by atoms with Crippen LogP contribution in [0.25, 0.3) is 5.57 Å². The van der Waals surface area contributed by atoms with Crippen molar-refractivity contribution >= 4 is 5.57 Å². The van der Waals surface area contributed by atoms with E-state index in [0.29, 0.717) is 24.1 Å². The Bertz CT molecular complexity index is 1430. The van der Waals surface area contributed by atoms with E-state index in [2.05, 4.69) is 23.8 Å². The van der Waals surface area contributed by atoms with Gasteiger partial charge in [-0.25, -0.2) is 22.0 Å². The van der Waals surface area contributed by atoms with Crippen molar-refractivity contribution in [2.75, 3.05) is 0 Å². The number of halogens is 7. The van der Waals surface area contributed by atoms with Crippen molar-refractivity contribution in [1.82, 2.24) is 0 Å². The molecule has 3 aliphatic carbocycles. The van der Waals surface area contributed by atoms with E-state index in [1.807, 2.05) is 6.07 Å². The average Bonchev–Trinajstić information content (AvgIpc) is 3.28. The molecule has 1 nitrogen and oxygen atoms in total. The maximum absolute atomic E-state index is 15.3. The molecule has 0 saturated carbocycles. The summed E-state index contributed by atoms with van der Waals surface area (Å²) in [4.78, 5) is 0. The lowest BCUT2D eigenvalue weighted by atomic mass is 9.83. The minimum atomic E-state index is -4.54. The summed E-state index contributed by atoms with van der Waals surface area (Å²) in [6, 6.07) is 7.15. The van der Waals surface area contributed by atoms with Crippen molar-refractivity contribution in [1.29, 1.82) is 0 Å². The van der Waals surface area contributed by atoms with E-state index in [0.717, 1.165) is 43.7 Å². The molecular weight excluding hydrogens is 533 g/mol. The van der Waals surface area contributed by atoms with Crippen molar-refractivity contribution in [3.05, 3.63) is 105 Å². The van der Waals surface area contributed by atoms with Crippen LogP contribution in [-0.4, -0.2) is 18.5 Å². The Morgan fingerprint density at radius 2 is 1.52 bits per heavy atom. The lowest BCUT2D eigenvalue weighted by Gasteiger charge is -2.29. The van der Waals surface area contributed by atoms with Gasteiger partial charge in [-0.15, -0.1) is 0 Å². The van der Waals surface area contributed by atoms with Gasteiger partial charge in [0.2, 0.25) is 0 Å². The Balaban J connectivity index is 1.38. The van der Waals surface area contributed by atoms with Crippen LogP contribution in [-0.2, 0) is 12.8 Å². The number of benzene rings is 2. The Morgan fingerprint density at radius 3 is 2.17 bits per heavy atom. The van der Waals surface area contributed by atoms with Gasteiger partial charge in [0.05, 0.1) is 0 Å². The molecule has 212 valence electrons. The van der Waals surface area contributed by atoms with Gasteiger partial charge < -0.3 is 4.74 Å². The van der Waals surface area contributed by atoms with Gasteiger partial charge in [-0.2, -0.15) is 8.78 Å². The van der Waals surface area contributed by atoms with E-state index in [9.17, 15) is 26.3 Å². The smallest absolute Gasteiger partial charge is 0.428 e. The van der Waals surface area contributed by atoms with Gasteiger partial charge in [0.15, 0.2) is 0 Å². The monoisotopic (exact) mass is 562 g/mol. The third kappa shape index (κ3) is 5.50. The first-order valence-corrected chi connectivity index (χ1v) is 13.4. The number of ether oxygens (including phenoxy) is 1. The topological polar surface area (TPSA) is 9.23 Å².